The Balaban J connectivity index is 2.76. The van der Waals surface area contributed by atoms with Gasteiger partial charge in [0.15, 0.2) is 5.78 Å². The lowest BCUT2D eigenvalue weighted by Crippen LogP contribution is -2.10. The monoisotopic (exact) mass is 203 g/mol. The number of hydrogen-bond donors (Lipinski definition) is 0. The molecule has 1 aromatic carbocycles. The number of ether oxygens (including phenoxy) is 1. The molecule has 0 aliphatic heterocycles. The molecule has 0 saturated heterocycles. The second kappa shape index (κ2) is 5.16. The molecule has 0 aliphatic carbocycles. The van der Waals surface area contributed by atoms with Gasteiger partial charge >= 0.3 is 0 Å². The molecule has 0 fully saturated rings. The summed E-state index contributed by atoms with van der Waals surface area (Å²) in [6.07, 6.45) is 0.469. The molecule has 0 saturated carbocycles. The Labute approximate surface area is 89.3 Å². The van der Waals surface area contributed by atoms with Crippen LogP contribution in [0.4, 0.5) is 0 Å². The number of hydrogen-bond acceptors (Lipinski definition) is 3. The van der Waals surface area contributed by atoms with E-state index in [4.69, 9.17) is 10.00 Å². The van der Waals surface area contributed by atoms with Crippen molar-refractivity contribution in [2.24, 2.45) is 0 Å². The van der Waals surface area contributed by atoms with Crippen LogP contribution in [0, 0.1) is 18.3 Å². The minimum atomic E-state index is 0.0526. The van der Waals surface area contributed by atoms with E-state index >= 15 is 0 Å². The van der Waals surface area contributed by atoms with E-state index in [1.807, 2.05) is 19.1 Å². The first-order valence-corrected chi connectivity index (χ1v) is 4.82. The maximum Gasteiger partial charge on any atom is 0.169 e. The van der Waals surface area contributed by atoms with Gasteiger partial charge in [0, 0.05) is 6.42 Å². The minimum Gasteiger partial charge on any atom is -0.486 e. The lowest BCUT2D eigenvalue weighted by Gasteiger charge is -2.07. The molecule has 15 heavy (non-hydrogen) atoms. The number of nitriles is 1. The number of carbonyl (C=O) groups is 1. The van der Waals surface area contributed by atoms with E-state index in [-0.39, 0.29) is 12.4 Å². The Bertz CT molecular complexity index is 405. The standard InChI is InChI=1S/C12H13NO2/c1-3-11(14)8-15-12-6-10(7-13)5-4-9(12)2/h4-6H,3,8H2,1-2H3. The summed E-state index contributed by atoms with van der Waals surface area (Å²) in [4.78, 5) is 11.1. The fourth-order valence-corrected chi connectivity index (χ4v) is 1.09. The molecule has 0 spiro atoms. The van der Waals surface area contributed by atoms with Crippen LogP contribution in [-0.4, -0.2) is 12.4 Å². The molecule has 3 heteroatoms. The summed E-state index contributed by atoms with van der Waals surface area (Å²) in [5.41, 5.74) is 1.47. The maximum atomic E-state index is 11.1. The lowest BCUT2D eigenvalue weighted by molar-refractivity contribution is -0.120. The summed E-state index contributed by atoms with van der Waals surface area (Å²) in [6, 6.07) is 7.22. The number of carbonyl (C=O) groups excluding carboxylic acids is 1. The van der Waals surface area contributed by atoms with Crippen LogP contribution in [0.3, 0.4) is 0 Å². The van der Waals surface area contributed by atoms with Crippen molar-refractivity contribution in [3.63, 3.8) is 0 Å². The highest BCUT2D eigenvalue weighted by Gasteiger charge is 2.04. The summed E-state index contributed by atoms with van der Waals surface area (Å²) >= 11 is 0. The molecule has 0 bridgehead atoms. The Morgan fingerprint density at radius 2 is 2.27 bits per heavy atom. The van der Waals surface area contributed by atoms with Gasteiger partial charge in [-0.15, -0.1) is 0 Å². The normalized spacial score (nSPS) is 9.40. The zero-order chi connectivity index (χ0) is 11.3. The first kappa shape index (κ1) is 11.3. The fraction of sp³-hybridized carbons (Fsp3) is 0.333. The smallest absolute Gasteiger partial charge is 0.169 e. The zero-order valence-corrected chi connectivity index (χ0v) is 8.91. The van der Waals surface area contributed by atoms with Crippen LogP contribution in [0.25, 0.3) is 0 Å². The van der Waals surface area contributed by atoms with Crippen molar-refractivity contribution in [3.05, 3.63) is 29.3 Å². The molecule has 0 unspecified atom stereocenters. The number of nitrogens with zero attached hydrogens (tertiary/aromatic N) is 1. The van der Waals surface area contributed by atoms with Gasteiger partial charge in [-0.1, -0.05) is 13.0 Å². The van der Waals surface area contributed by atoms with Crippen LogP contribution < -0.4 is 4.74 Å². The van der Waals surface area contributed by atoms with Crippen molar-refractivity contribution in [2.75, 3.05) is 6.61 Å². The van der Waals surface area contributed by atoms with Crippen molar-refractivity contribution in [1.29, 1.82) is 5.26 Å². The molecule has 0 aromatic heterocycles. The summed E-state index contributed by atoms with van der Waals surface area (Å²) < 4.78 is 5.33. The Morgan fingerprint density at radius 3 is 2.87 bits per heavy atom. The Hall–Kier alpha value is -1.82. The molecule has 3 nitrogen and oxygen atoms in total. The zero-order valence-electron chi connectivity index (χ0n) is 8.91. The van der Waals surface area contributed by atoms with Gasteiger partial charge in [-0.2, -0.15) is 5.26 Å². The van der Waals surface area contributed by atoms with Gasteiger partial charge in [-0.3, -0.25) is 4.79 Å². The highest BCUT2D eigenvalue weighted by molar-refractivity contribution is 5.79. The van der Waals surface area contributed by atoms with Crippen molar-refractivity contribution >= 4 is 5.78 Å². The minimum absolute atomic E-state index is 0.0526. The average Bonchev–Trinajstić information content (AvgIpc) is 2.27. The predicted octanol–water partition coefficient (Wildman–Crippen LogP) is 2.22. The number of Topliss-reactive ketones (excluding diaryl/α,β-unsaturated/α-hetero) is 1. The van der Waals surface area contributed by atoms with Gasteiger partial charge < -0.3 is 4.74 Å². The number of aryl methyl sites for hydroxylation is 1. The van der Waals surface area contributed by atoms with Crippen molar-refractivity contribution in [2.45, 2.75) is 20.3 Å². The van der Waals surface area contributed by atoms with Gasteiger partial charge in [-0.25, -0.2) is 0 Å². The summed E-state index contributed by atoms with van der Waals surface area (Å²) in [6.45, 7) is 3.75. The van der Waals surface area contributed by atoms with Crippen molar-refractivity contribution in [3.8, 4) is 11.8 Å². The third kappa shape index (κ3) is 3.10. The summed E-state index contributed by atoms with van der Waals surface area (Å²) in [5.74, 6) is 0.660. The highest BCUT2D eigenvalue weighted by atomic mass is 16.5. The number of benzene rings is 1. The molecule has 0 aliphatic rings. The number of rotatable bonds is 4. The van der Waals surface area contributed by atoms with E-state index in [0.29, 0.717) is 17.7 Å². The molecule has 0 radical (unpaired) electrons. The third-order valence-corrected chi connectivity index (χ3v) is 2.10. The van der Waals surface area contributed by atoms with Crippen LogP contribution in [0.15, 0.2) is 18.2 Å². The van der Waals surface area contributed by atoms with Gasteiger partial charge in [0.1, 0.15) is 12.4 Å². The largest absolute Gasteiger partial charge is 0.486 e. The molecular formula is C12H13NO2. The highest BCUT2D eigenvalue weighted by Crippen LogP contribution is 2.19. The maximum absolute atomic E-state index is 11.1. The molecule has 0 N–H and O–H groups in total. The quantitative estimate of drug-likeness (QED) is 0.753. The van der Waals surface area contributed by atoms with E-state index in [1.54, 1.807) is 19.1 Å². The Morgan fingerprint density at radius 1 is 1.53 bits per heavy atom. The molecule has 78 valence electrons. The third-order valence-electron chi connectivity index (χ3n) is 2.10. The summed E-state index contributed by atoms with van der Waals surface area (Å²) in [7, 11) is 0. The van der Waals surface area contributed by atoms with Gasteiger partial charge in [0.2, 0.25) is 0 Å². The van der Waals surface area contributed by atoms with E-state index < -0.39 is 0 Å². The van der Waals surface area contributed by atoms with Crippen LogP contribution >= 0.6 is 0 Å². The van der Waals surface area contributed by atoms with Crippen LogP contribution in [0.2, 0.25) is 0 Å². The Kier molecular flexibility index (Phi) is 3.87. The SMILES string of the molecule is CCC(=O)COc1cc(C#N)ccc1C. The van der Waals surface area contributed by atoms with Gasteiger partial charge in [-0.05, 0) is 24.6 Å². The van der Waals surface area contributed by atoms with Crippen molar-refractivity contribution in [1.82, 2.24) is 0 Å². The van der Waals surface area contributed by atoms with Crippen LogP contribution in [-0.2, 0) is 4.79 Å². The van der Waals surface area contributed by atoms with Gasteiger partial charge in [0.25, 0.3) is 0 Å². The van der Waals surface area contributed by atoms with Gasteiger partial charge in [0.05, 0.1) is 11.6 Å². The van der Waals surface area contributed by atoms with E-state index in [9.17, 15) is 4.79 Å². The second-order valence-electron chi connectivity index (χ2n) is 3.27. The van der Waals surface area contributed by atoms with Crippen molar-refractivity contribution < 1.29 is 9.53 Å². The molecule has 1 aromatic rings. The second-order valence-corrected chi connectivity index (χ2v) is 3.27. The average molecular weight is 203 g/mol. The van der Waals surface area contributed by atoms with E-state index in [0.717, 1.165) is 5.56 Å². The summed E-state index contributed by atoms with van der Waals surface area (Å²) in [5, 5.41) is 8.70. The van der Waals surface area contributed by atoms with Crippen LogP contribution in [0.1, 0.15) is 24.5 Å². The number of ketones is 1. The van der Waals surface area contributed by atoms with Crippen LogP contribution in [0.5, 0.6) is 5.75 Å². The molecule has 0 heterocycles. The van der Waals surface area contributed by atoms with E-state index in [2.05, 4.69) is 0 Å². The fourth-order valence-electron chi connectivity index (χ4n) is 1.09. The topological polar surface area (TPSA) is 50.1 Å². The first-order valence-electron chi connectivity index (χ1n) is 4.82. The molecule has 0 atom stereocenters. The predicted molar refractivity (Wildman–Crippen MR) is 56.7 cm³/mol. The molecular weight excluding hydrogens is 190 g/mol. The first-order chi connectivity index (χ1) is 7.17. The lowest BCUT2D eigenvalue weighted by atomic mass is 10.1. The van der Waals surface area contributed by atoms with E-state index in [1.165, 1.54) is 0 Å². The molecule has 1 rings (SSSR count). The molecule has 0 amide bonds.